The van der Waals surface area contributed by atoms with E-state index in [-0.39, 0.29) is 110 Å². The molecule has 4 aliphatic heterocycles. The zero-order chi connectivity index (χ0) is 62.0. The maximum absolute atomic E-state index is 15.9. The molecule has 0 saturated carbocycles. The molecular formula is C64H46F4N6O16. The van der Waals surface area contributed by atoms with Gasteiger partial charge in [-0.2, -0.15) is 0 Å². The third kappa shape index (κ3) is 8.67. The molecular weight excluding hydrogens is 1180 g/mol. The van der Waals surface area contributed by atoms with Gasteiger partial charge in [0.1, 0.15) is 37.1 Å². The Kier molecular flexibility index (Phi) is 13.3. The maximum atomic E-state index is 15.9. The average molecular weight is 1230 g/mol. The number of morpholine rings is 2. The number of rotatable bonds is 8. The van der Waals surface area contributed by atoms with Crippen LogP contribution >= 0.6 is 0 Å². The molecule has 2 saturated heterocycles. The summed E-state index contributed by atoms with van der Waals surface area (Å²) in [6.07, 6.45) is 4.32. The number of carbonyl (C=O) groups is 2. The molecule has 90 heavy (non-hydrogen) atoms. The summed E-state index contributed by atoms with van der Waals surface area (Å²) in [6, 6.07) is 23.9. The van der Waals surface area contributed by atoms with Gasteiger partial charge in [-0.3, -0.25) is 38.5 Å². The van der Waals surface area contributed by atoms with Gasteiger partial charge >= 0.3 is 11.6 Å². The van der Waals surface area contributed by atoms with E-state index in [1.54, 1.807) is 21.9 Å². The lowest BCUT2D eigenvalue weighted by Gasteiger charge is -2.51. The molecule has 0 bridgehead atoms. The van der Waals surface area contributed by atoms with Crippen molar-refractivity contribution in [3.63, 3.8) is 0 Å². The highest BCUT2D eigenvalue weighted by atomic mass is 19.2. The summed E-state index contributed by atoms with van der Waals surface area (Å²) in [6.45, 7) is 3.36. The molecule has 26 heteroatoms. The smallest absolute Gasteiger partial charge is 0.479 e. The summed E-state index contributed by atoms with van der Waals surface area (Å²) in [5.74, 6) is -6.33. The lowest BCUT2D eigenvalue weighted by molar-refractivity contribution is -0.0199. The third-order valence-electron chi connectivity index (χ3n) is 16.9. The topological polar surface area (TPSA) is 241 Å². The molecule has 10 heterocycles. The van der Waals surface area contributed by atoms with Gasteiger partial charge in [-0.25, -0.2) is 27.2 Å². The number of carbonyl (C=O) groups excluding carboxylic acids is 2. The summed E-state index contributed by atoms with van der Waals surface area (Å²) >= 11 is 0. The van der Waals surface area contributed by atoms with Crippen LogP contribution in [0.25, 0.3) is 44.9 Å². The lowest BCUT2D eigenvalue weighted by Crippen LogP contribution is -2.66. The summed E-state index contributed by atoms with van der Waals surface area (Å²) in [5.41, 5.74) is 2.90. The van der Waals surface area contributed by atoms with Crippen LogP contribution in [0.4, 0.5) is 17.6 Å². The molecule has 16 rings (SSSR count). The minimum absolute atomic E-state index is 0.0182. The van der Waals surface area contributed by atoms with Crippen LogP contribution in [0.1, 0.15) is 78.4 Å². The first-order chi connectivity index (χ1) is 43.7. The molecule has 456 valence electrons. The molecule has 2 amide bonds. The molecule has 0 radical (unpaired) electrons. The second-order valence-corrected chi connectivity index (χ2v) is 21.7. The van der Waals surface area contributed by atoms with Crippen LogP contribution in [0.3, 0.4) is 0 Å². The van der Waals surface area contributed by atoms with Gasteiger partial charge in [-0.15, -0.1) is 0 Å². The minimum Gasteiger partial charge on any atom is -0.479 e. The van der Waals surface area contributed by atoms with E-state index in [9.17, 15) is 37.5 Å². The van der Waals surface area contributed by atoms with Crippen LogP contribution in [-0.4, -0.2) is 82.8 Å². The molecule has 6 aromatic heterocycles. The Labute approximate surface area is 502 Å². The number of aromatic nitrogens is 2. The molecule has 4 aromatic carbocycles. The Morgan fingerprint density at radius 1 is 0.489 bits per heavy atom. The van der Waals surface area contributed by atoms with E-state index >= 15 is 8.78 Å². The summed E-state index contributed by atoms with van der Waals surface area (Å²) < 4.78 is 120. The van der Waals surface area contributed by atoms with Gasteiger partial charge in [-0.05, 0) is 60.4 Å². The van der Waals surface area contributed by atoms with Crippen LogP contribution in [0.15, 0.2) is 168 Å². The predicted octanol–water partition coefficient (Wildman–Crippen LogP) is 8.68. The van der Waals surface area contributed by atoms with E-state index in [0.717, 1.165) is 12.1 Å². The fourth-order valence-corrected chi connectivity index (χ4v) is 13.0. The minimum atomic E-state index is -1.04. The lowest BCUT2D eigenvalue weighted by atomic mass is 9.92. The zero-order valence-electron chi connectivity index (χ0n) is 47.2. The van der Waals surface area contributed by atoms with Crippen molar-refractivity contribution in [3.8, 4) is 56.4 Å². The number of hydrogen-bond donors (Lipinski definition) is 0. The number of hydrogen-bond acceptors (Lipinski definition) is 18. The first-order valence-electron chi connectivity index (χ1n) is 28.3. The van der Waals surface area contributed by atoms with Gasteiger partial charge < -0.3 is 55.3 Å². The highest BCUT2D eigenvalue weighted by Crippen LogP contribution is 2.52. The van der Waals surface area contributed by atoms with Gasteiger partial charge in [0, 0.05) is 71.0 Å². The maximum Gasteiger partial charge on any atom is 0.519 e. The highest BCUT2D eigenvalue weighted by molar-refractivity contribution is 5.98. The van der Waals surface area contributed by atoms with Crippen LogP contribution in [0.5, 0.6) is 11.5 Å². The van der Waals surface area contributed by atoms with Crippen molar-refractivity contribution in [3.05, 3.63) is 244 Å². The molecule has 4 atom stereocenters. The van der Waals surface area contributed by atoms with Crippen molar-refractivity contribution in [1.29, 1.82) is 0 Å². The average Bonchev–Trinajstić information content (AvgIpc) is 1.22. The normalized spacial score (nSPS) is 18.4. The van der Waals surface area contributed by atoms with Crippen molar-refractivity contribution in [2.24, 2.45) is 0 Å². The van der Waals surface area contributed by atoms with Crippen molar-refractivity contribution < 1.29 is 72.6 Å². The number of ether oxygens (including phenoxy) is 4. The van der Waals surface area contributed by atoms with Gasteiger partial charge in [-0.1, -0.05) is 60.7 Å². The van der Waals surface area contributed by atoms with E-state index < -0.39 is 82.0 Å². The van der Waals surface area contributed by atoms with Crippen LogP contribution < -0.4 is 42.0 Å². The SMILES string of the molecule is Cc1oc(=O)oc1COc1c2n(ccc1=O)N(C1c3ccccc3-c3occc3-c3c1ccc(F)c3F)C1COCCN1C2=O.Cc1oc(=O)oc1COc1c2n(ccc1=O)N([C@@H]1c3ccccc3-c3occc3-c3c1ccc(F)c3F)[C@@H]1COCCN1C2=O. The molecule has 6 aliphatic rings. The molecule has 2 unspecified atom stereocenters. The van der Waals surface area contributed by atoms with E-state index in [2.05, 4.69) is 0 Å². The Balaban J connectivity index is 0.000000150. The van der Waals surface area contributed by atoms with E-state index in [1.165, 1.54) is 72.4 Å². The molecule has 2 fully saturated rings. The number of aryl methyl sites for hydroxylation is 2. The Bertz CT molecular complexity index is 4560. The van der Waals surface area contributed by atoms with Gasteiger partial charge in [0.2, 0.25) is 10.9 Å². The van der Waals surface area contributed by atoms with Gasteiger partial charge in [0.25, 0.3) is 11.8 Å². The largest absolute Gasteiger partial charge is 0.519 e. The van der Waals surface area contributed by atoms with Crippen LogP contribution in [-0.2, 0) is 22.7 Å². The number of benzene rings is 4. The predicted molar refractivity (Wildman–Crippen MR) is 304 cm³/mol. The quantitative estimate of drug-likeness (QED) is 0.129. The first-order valence-corrected chi connectivity index (χ1v) is 28.3. The summed E-state index contributed by atoms with van der Waals surface area (Å²) in [4.78, 5) is 81.1. The number of furan rings is 2. The van der Waals surface area contributed by atoms with E-state index in [4.69, 9.17) is 45.5 Å². The molecule has 0 N–H and O–H groups in total. The number of amides is 2. The third-order valence-corrected chi connectivity index (χ3v) is 16.9. The van der Waals surface area contributed by atoms with Crippen molar-refractivity contribution >= 4 is 11.8 Å². The highest BCUT2D eigenvalue weighted by Gasteiger charge is 2.50. The second-order valence-electron chi connectivity index (χ2n) is 21.7. The fraction of sp³-hybridized carbons (Fsp3) is 0.219. The summed E-state index contributed by atoms with van der Waals surface area (Å²) in [7, 11) is 0. The molecule has 2 aliphatic carbocycles. The van der Waals surface area contributed by atoms with E-state index in [0.29, 0.717) is 56.0 Å². The monoisotopic (exact) mass is 1230 g/mol. The second kappa shape index (κ2) is 21.5. The van der Waals surface area contributed by atoms with Crippen molar-refractivity contribution in [2.75, 3.05) is 49.5 Å². The Morgan fingerprint density at radius 2 is 0.911 bits per heavy atom. The molecule has 0 spiro atoms. The van der Waals surface area contributed by atoms with Crippen molar-refractivity contribution in [1.82, 2.24) is 19.2 Å². The van der Waals surface area contributed by atoms with Crippen LogP contribution in [0.2, 0.25) is 0 Å². The van der Waals surface area contributed by atoms with Crippen LogP contribution in [0, 0.1) is 37.1 Å². The van der Waals surface area contributed by atoms with E-state index in [1.807, 2.05) is 58.5 Å². The zero-order valence-corrected chi connectivity index (χ0v) is 47.2. The van der Waals surface area contributed by atoms with Crippen molar-refractivity contribution in [2.45, 2.75) is 51.5 Å². The first kappa shape index (κ1) is 55.7. The Morgan fingerprint density at radius 3 is 1.32 bits per heavy atom. The number of fused-ring (bicyclic) bond motifs is 14. The summed E-state index contributed by atoms with van der Waals surface area (Å²) in [5, 5.41) is 3.62. The fourth-order valence-electron chi connectivity index (χ4n) is 13.0. The Hall–Kier alpha value is -10.9. The molecule has 22 nitrogen and oxygen atoms in total. The number of halogens is 4. The van der Waals surface area contributed by atoms with Gasteiger partial charge in [0.05, 0.1) is 51.0 Å². The standard InChI is InChI=1S/2C32H23F2N3O8/c2*1-16-23(45-32(40)44-16)14-43-30-22(38)8-10-36-28(30)31(39)35-11-13-41-15-24(35)37(36)27-17-4-2-3-5-18(17)29-20(9-12-42-29)25-19(27)6-7-21(33)26(25)34/h2*2-10,12,24,27H,11,13-15H2,1H3/t24-,27-;/m1./s1. The number of nitrogens with zero attached hydrogens (tertiary/aromatic N) is 6. The number of pyridine rings is 2. The molecule has 10 aromatic rings. The van der Waals surface area contributed by atoms with Gasteiger partial charge in [0.15, 0.2) is 69.2 Å².